The van der Waals surface area contributed by atoms with Gasteiger partial charge in [-0.05, 0) is 32.9 Å². The summed E-state index contributed by atoms with van der Waals surface area (Å²) >= 11 is 0. The Kier molecular flexibility index (Phi) is 3.34. The number of nitrogens with zero attached hydrogens (tertiary/aromatic N) is 1. The predicted octanol–water partition coefficient (Wildman–Crippen LogP) is 1.10. The summed E-state index contributed by atoms with van der Waals surface area (Å²) in [5, 5.41) is 9.68. The lowest BCUT2D eigenvalue weighted by molar-refractivity contribution is 0.0823. The molecule has 0 saturated heterocycles. The van der Waals surface area contributed by atoms with Gasteiger partial charge in [-0.1, -0.05) is 12.8 Å². The molecule has 2 heteroatoms. The Morgan fingerprint density at radius 3 is 2.36 bits per heavy atom. The summed E-state index contributed by atoms with van der Waals surface area (Å²) in [7, 11) is 4.02. The normalized spacial score (nSPS) is 22.9. The van der Waals surface area contributed by atoms with Gasteiger partial charge in [0, 0.05) is 6.54 Å². The second-order valence-corrected chi connectivity index (χ2v) is 3.87. The van der Waals surface area contributed by atoms with Gasteiger partial charge in [0.25, 0.3) is 0 Å². The van der Waals surface area contributed by atoms with Crippen molar-refractivity contribution >= 4 is 0 Å². The fraction of sp³-hybridized carbons (Fsp3) is 1.00. The fourth-order valence-electron chi connectivity index (χ4n) is 1.87. The van der Waals surface area contributed by atoms with E-state index in [1.807, 2.05) is 14.1 Å². The van der Waals surface area contributed by atoms with Gasteiger partial charge >= 0.3 is 0 Å². The summed E-state index contributed by atoms with van der Waals surface area (Å²) in [5.74, 6) is 0.581. The lowest BCUT2D eigenvalue weighted by atomic mass is 10.0. The minimum Gasteiger partial charge on any atom is -0.392 e. The molecule has 0 amide bonds. The fourth-order valence-corrected chi connectivity index (χ4v) is 1.87. The van der Waals surface area contributed by atoms with E-state index in [9.17, 15) is 5.11 Å². The van der Waals surface area contributed by atoms with Crippen molar-refractivity contribution in [2.24, 2.45) is 5.92 Å². The summed E-state index contributed by atoms with van der Waals surface area (Å²) in [4.78, 5) is 2.06. The van der Waals surface area contributed by atoms with E-state index in [4.69, 9.17) is 0 Å². The molecule has 1 saturated carbocycles. The number of hydrogen-bond acceptors (Lipinski definition) is 2. The quantitative estimate of drug-likeness (QED) is 0.663. The highest BCUT2D eigenvalue weighted by atomic mass is 16.3. The van der Waals surface area contributed by atoms with E-state index in [1.54, 1.807) is 0 Å². The summed E-state index contributed by atoms with van der Waals surface area (Å²) in [6.07, 6.45) is 5.00. The van der Waals surface area contributed by atoms with E-state index in [-0.39, 0.29) is 6.10 Å². The maximum atomic E-state index is 9.68. The number of hydrogen-bond donors (Lipinski definition) is 1. The zero-order valence-corrected chi connectivity index (χ0v) is 7.58. The van der Waals surface area contributed by atoms with Crippen molar-refractivity contribution in [3.05, 3.63) is 0 Å². The van der Waals surface area contributed by atoms with Crippen molar-refractivity contribution in [2.45, 2.75) is 31.8 Å². The first-order valence-corrected chi connectivity index (χ1v) is 4.53. The number of aliphatic hydroxyl groups excluding tert-OH is 1. The van der Waals surface area contributed by atoms with Gasteiger partial charge in [-0.2, -0.15) is 0 Å². The molecule has 0 aromatic rings. The number of likely N-dealkylation sites (N-methyl/N-ethyl adjacent to an activating group) is 1. The highest BCUT2D eigenvalue weighted by Crippen LogP contribution is 2.27. The maximum Gasteiger partial charge on any atom is 0.0694 e. The number of rotatable bonds is 3. The first-order chi connectivity index (χ1) is 5.20. The van der Waals surface area contributed by atoms with Gasteiger partial charge < -0.3 is 10.0 Å². The molecule has 1 fully saturated rings. The van der Waals surface area contributed by atoms with Crippen LogP contribution in [0.2, 0.25) is 0 Å². The van der Waals surface area contributed by atoms with Crippen LogP contribution in [0, 0.1) is 5.92 Å². The third-order valence-electron chi connectivity index (χ3n) is 2.50. The van der Waals surface area contributed by atoms with Gasteiger partial charge in [0.1, 0.15) is 0 Å². The van der Waals surface area contributed by atoms with Gasteiger partial charge in [-0.15, -0.1) is 0 Å². The van der Waals surface area contributed by atoms with Crippen LogP contribution in [0.25, 0.3) is 0 Å². The molecule has 1 unspecified atom stereocenters. The van der Waals surface area contributed by atoms with Crippen LogP contribution in [0.4, 0.5) is 0 Å². The molecule has 0 heterocycles. The van der Waals surface area contributed by atoms with Crippen LogP contribution < -0.4 is 0 Å². The lowest BCUT2D eigenvalue weighted by Crippen LogP contribution is -2.30. The first kappa shape index (κ1) is 9.01. The Hall–Kier alpha value is -0.0800. The van der Waals surface area contributed by atoms with Gasteiger partial charge in [-0.3, -0.25) is 0 Å². The maximum absolute atomic E-state index is 9.68. The minimum atomic E-state index is -0.0903. The van der Waals surface area contributed by atoms with Crippen LogP contribution >= 0.6 is 0 Å². The Labute approximate surface area is 69.2 Å². The van der Waals surface area contributed by atoms with E-state index in [2.05, 4.69) is 4.90 Å². The van der Waals surface area contributed by atoms with Crippen LogP contribution in [-0.2, 0) is 0 Å². The molecule has 2 nitrogen and oxygen atoms in total. The predicted molar refractivity (Wildman–Crippen MR) is 46.5 cm³/mol. The van der Waals surface area contributed by atoms with Crippen molar-refractivity contribution in [1.29, 1.82) is 0 Å². The van der Waals surface area contributed by atoms with Crippen molar-refractivity contribution in [3.8, 4) is 0 Å². The molecule has 1 atom stereocenters. The number of aliphatic hydroxyl groups is 1. The molecular formula is C9H19NO. The van der Waals surface area contributed by atoms with Crippen LogP contribution in [0.1, 0.15) is 25.7 Å². The van der Waals surface area contributed by atoms with Crippen molar-refractivity contribution in [2.75, 3.05) is 20.6 Å². The molecule has 1 aliphatic rings. The average molecular weight is 157 g/mol. The highest BCUT2D eigenvalue weighted by molar-refractivity contribution is 4.75. The Morgan fingerprint density at radius 1 is 1.36 bits per heavy atom. The molecule has 1 N–H and O–H groups in total. The molecule has 66 valence electrons. The third kappa shape index (κ3) is 2.80. The van der Waals surface area contributed by atoms with E-state index in [0.717, 1.165) is 6.54 Å². The van der Waals surface area contributed by atoms with Gasteiger partial charge in [0.15, 0.2) is 0 Å². The van der Waals surface area contributed by atoms with E-state index in [0.29, 0.717) is 5.92 Å². The zero-order valence-electron chi connectivity index (χ0n) is 7.58. The van der Waals surface area contributed by atoms with Gasteiger partial charge in [-0.25, -0.2) is 0 Å². The molecule has 0 bridgehead atoms. The molecule has 1 rings (SSSR count). The molecule has 0 radical (unpaired) electrons. The Morgan fingerprint density at radius 2 is 1.91 bits per heavy atom. The lowest BCUT2D eigenvalue weighted by Gasteiger charge is -2.21. The standard InChI is InChI=1S/C9H19NO/c1-10(2)7-9(11)8-5-3-4-6-8/h8-9,11H,3-7H2,1-2H3. The monoisotopic (exact) mass is 157 g/mol. The Bertz CT molecular complexity index is 108. The molecule has 0 aliphatic heterocycles. The summed E-state index contributed by atoms with van der Waals surface area (Å²) in [6.45, 7) is 0.824. The van der Waals surface area contributed by atoms with Gasteiger partial charge in [0.05, 0.1) is 6.10 Å². The minimum absolute atomic E-state index is 0.0903. The van der Waals surface area contributed by atoms with Crippen LogP contribution in [0.3, 0.4) is 0 Å². The molecule has 11 heavy (non-hydrogen) atoms. The highest BCUT2D eigenvalue weighted by Gasteiger charge is 2.22. The second-order valence-electron chi connectivity index (χ2n) is 3.87. The Balaban J connectivity index is 2.22. The van der Waals surface area contributed by atoms with Crippen molar-refractivity contribution in [1.82, 2.24) is 4.90 Å². The SMILES string of the molecule is CN(C)CC(O)C1CCCC1. The molecule has 0 aromatic carbocycles. The van der Waals surface area contributed by atoms with Crippen molar-refractivity contribution in [3.63, 3.8) is 0 Å². The van der Waals surface area contributed by atoms with Gasteiger partial charge in [0.2, 0.25) is 0 Å². The van der Waals surface area contributed by atoms with Crippen molar-refractivity contribution < 1.29 is 5.11 Å². The van der Waals surface area contributed by atoms with E-state index >= 15 is 0 Å². The zero-order chi connectivity index (χ0) is 8.27. The summed E-state index contributed by atoms with van der Waals surface area (Å²) < 4.78 is 0. The summed E-state index contributed by atoms with van der Waals surface area (Å²) in [6, 6.07) is 0. The largest absolute Gasteiger partial charge is 0.392 e. The molecule has 0 aromatic heterocycles. The molecular weight excluding hydrogens is 138 g/mol. The van der Waals surface area contributed by atoms with E-state index in [1.165, 1.54) is 25.7 Å². The second kappa shape index (κ2) is 4.07. The topological polar surface area (TPSA) is 23.5 Å². The average Bonchev–Trinajstić information content (AvgIpc) is 2.35. The smallest absolute Gasteiger partial charge is 0.0694 e. The molecule has 0 spiro atoms. The van der Waals surface area contributed by atoms with Crippen LogP contribution in [0.5, 0.6) is 0 Å². The van der Waals surface area contributed by atoms with Crippen LogP contribution in [-0.4, -0.2) is 36.8 Å². The first-order valence-electron chi connectivity index (χ1n) is 4.53. The molecule has 1 aliphatic carbocycles. The van der Waals surface area contributed by atoms with E-state index < -0.39 is 0 Å². The van der Waals surface area contributed by atoms with Crippen LogP contribution in [0.15, 0.2) is 0 Å². The summed E-state index contributed by atoms with van der Waals surface area (Å²) in [5.41, 5.74) is 0. The third-order valence-corrected chi connectivity index (χ3v) is 2.50.